The Balaban J connectivity index is 1.73. The minimum Gasteiger partial charge on any atom is -0.445 e. The first kappa shape index (κ1) is 39.6. The fraction of sp³-hybridized carbons (Fsp3) is 0.528. The van der Waals surface area contributed by atoms with E-state index in [2.05, 4.69) is 26.3 Å². The zero-order valence-electron chi connectivity index (χ0n) is 29.2. The molecule has 1 atom stereocenters. The van der Waals surface area contributed by atoms with Gasteiger partial charge >= 0.3 is 18.3 Å². The van der Waals surface area contributed by atoms with E-state index in [0.29, 0.717) is 19.5 Å². The van der Waals surface area contributed by atoms with Crippen molar-refractivity contribution in [2.75, 3.05) is 13.1 Å². The molecule has 264 valence electrons. The van der Waals surface area contributed by atoms with Crippen molar-refractivity contribution in [1.82, 2.24) is 21.3 Å². The summed E-state index contributed by atoms with van der Waals surface area (Å²) < 4.78 is 15.9. The Morgan fingerprint density at radius 3 is 1.71 bits per heavy atom. The summed E-state index contributed by atoms with van der Waals surface area (Å²) in [6.45, 7) is 11.4. The van der Waals surface area contributed by atoms with Gasteiger partial charge in [-0.1, -0.05) is 86.3 Å². The first-order chi connectivity index (χ1) is 22.7. The Bertz CT molecular complexity index is 1270. The van der Waals surface area contributed by atoms with Gasteiger partial charge in [-0.25, -0.2) is 14.4 Å². The molecule has 4 N–H and O–H groups in total. The number of benzene rings is 2. The highest BCUT2D eigenvalue weighted by Gasteiger charge is 2.23. The Morgan fingerprint density at radius 1 is 0.667 bits per heavy atom. The predicted molar refractivity (Wildman–Crippen MR) is 185 cm³/mol. The molecule has 12 nitrogen and oxygen atoms in total. The van der Waals surface area contributed by atoms with Gasteiger partial charge in [-0.2, -0.15) is 0 Å². The molecule has 2 aromatic carbocycles. The summed E-state index contributed by atoms with van der Waals surface area (Å²) in [7, 11) is 0. The van der Waals surface area contributed by atoms with Crippen LogP contribution in [0.4, 0.5) is 14.4 Å². The summed E-state index contributed by atoms with van der Waals surface area (Å²) in [5.74, 6) is -0.289. The molecule has 2 aromatic rings. The normalized spacial score (nSPS) is 11.8. The summed E-state index contributed by atoms with van der Waals surface area (Å²) in [5, 5.41) is 10.6. The van der Waals surface area contributed by atoms with E-state index in [-0.39, 0.29) is 18.5 Å². The molecular formula is C36H53N5O7. The average Bonchev–Trinajstić information content (AvgIpc) is 2.99. The topological polar surface area (TPSA) is 156 Å². The van der Waals surface area contributed by atoms with E-state index >= 15 is 0 Å². The first-order valence-electron chi connectivity index (χ1n) is 16.5. The average molecular weight is 668 g/mol. The van der Waals surface area contributed by atoms with Crippen LogP contribution in [0.25, 0.3) is 0 Å². The van der Waals surface area contributed by atoms with Crippen LogP contribution < -0.4 is 21.3 Å². The third kappa shape index (κ3) is 19.1. The van der Waals surface area contributed by atoms with E-state index < -0.39 is 35.5 Å². The van der Waals surface area contributed by atoms with Crippen LogP contribution >= 0.6 is 0 Å². The zero-order valence-corrected chi connectivity index (χ0v) is 29.2. The van der Waals surface area contributed by atoms with E-state index in [1.165, 1.54) is 0 Å². The summed E-state index contributed by atoms with van der Waals surface area (Å²) in [6.07, 6.45) is 3.54. The number of carbonyl (C=O) groups is 4. The van der Waals surface area contributed by atoms with Crippen molar-refractivity contribution in [3.05, 3.63) is 71.8 Å². The van der Waals surface area contributed by atoms with E-state index in [1.807, 2.05) is 60.7 Å². The monoisotopic (exact) mass is 667 g/mol. The lowest BCUT2D eigenvalue weighted by molar-refractivity contribution is -0.123. The maximum atomic E-state index is 13.0. The summed E-state index contributed by atoms with van der Waals surface area (Å²) in [5.41, 5.74) is 0.376. The van der Waals surface area contributed by atoms with Gasteiger partial charge in [-0.15, -0.1) is 0 Å². The van der Waals surface area contributed by atoms with Gasteiger partial charge in [-0.05, 0) is 65.5 Å². The second-order valence-corrected chi connectivity index (χ2v) is 13.3. The van der Waals surface area contributed by atoms with E-state index in [9.17, 15) is 19.2 Å². The van der Waals surface area contributed by atoms with Crippen LogP contribution in [-0.4, -0.2) is 60.5 Å². The molecule has 0 spiro atoms. The number of carbonyl (C=O) groups excluding carboxylic acids is 4. The molecule has 0 heterocycles. The highest BCUT2D eigenvalue weighted by atomic mass is 16.6. The lowest BCUT2D eigenvalue weighted by Gasteiger charge is -2.22. The molecule has 0 saturated carbocycles. The van der Waals surface area contributed by atoms with Crippen molar-refractivity contribution in [3.8, 4) is 0 Å². The Hall–Kier alpha value is -4.61. The van der Waals surface area contributed by atoms with Gasteiger partial charge in [0.15, 0.2) is 0 Å². The second kappa shape index (κ2) is 20.6. The fourth-order valence-corrected chi connectivity index (χ4v) is 4.35. The van der Waals surface area contributed by atoms with E-state index in [1.54, 1.807) is 41.5 Å². The minimum absolute atomic E-state index is 0.0289. The molecule has 0 saturated heterocycles. The number of guanidine groups is 1. The fourth-order valence-electron chi connectivity index (χ4n) is 4.35. The van der Waals surface area contributed by atoms with Gasteiger partial charge < -0.3 is 24.8 Å². The molecular weight excluding hydrogens is 614 g/mol. The van der Waals surface area contributed by atoms with Gasteiger partial charge in [0, 0.05) is 19.5 Å². The van der Waals surface area contributed by atoms with Crippen molar-refractivity contribution in [1.29, 1.82) is 0 Å². The molecule has 0 aliphatic heterocycles. The molecule has 0 aliphatic rings. The van der Waals surface area contributed by atoms with Crippen molar-refractivity contribution >= 4 is 30.1 Å². The van der Waals surface area contributed by atoms with Crippen LogP contribution in [0.15, 0.2) is 65.7 Å². The summed E-state index contributed by atoms with van der Waals surface area (Å²) in [6, 6.07) is 18.1. The molecule has 4 amide bonds. The SMILES string of the molecule is CC(C)(C)OC(=O)NC(=NCCCCCCCCNC(=O)[C@H](Cc1ccccc1)NC(=O)OCc1ccccc1)NC(=O)OC(C)(C)C. The smallest absolute Gasteiger partial charge is 0.414 e. The number of ether oxygens (including phenoxy) is 3. The van der Waals surface area contributed by atoms with Crippen molar-refractivity contribution in [3.63, 3.8) is 0 Å². The lowest BCUT2D eigenvalue weighted by atomic mass is 10.1. The number of hydrogen-bond donors (Lipinski definition) is 4. The lowest BCUT2D eigenvalue weighted by Crippen LogP contribution is -2.48. The summed E-state index contributed by atoms with van der Waals surface area (Å²) in [4.78, 5) is 54.3. The number of amides is 4. The van der Waals surface area contributed by atoms with Crippen LogP contribution in [0.5, 0.6) is 0 Å². The Labute approximate surface area is 284 Å². The van der Waals surface area contributed by atoms with E-state index in [0.717, 1.165) is 49.7 Å². The van der Waals surface area contributed by atoms with Crippen LogP contribution in [0.1, 0.15) is 91.2 Å². The van der Waals surface area contributed by atoms with Crippen LogP contribution in [-0.2, 0) is 32.0 Å². The number of nitrogens with zero attached hydrogens (tertiary/aromatic N) is 1. The first-order valence-corrected chi connectivity index (χ1v) is 16.5. The zero-order chi connectivity index (χ0) is 35.4. The van der Waals surface area contributed by atoms with Gasteiger partial charge in [-0.3, -0.25) is 20.4 Å². The maximum absolute atomic E-state index is 13.0. The van der Waals surface area contributed by atoms with Crippen LogP contribution in [0, 0.1) is 0 Å². The van der Waals surface area contributed by atoms with Gasteiger partial charge in [0.25, 0.3) is 0 Å². The van der Waals surface area contributed by atoms with Gasteiger partial charge in [0.1, 0.15) is 23.9 Å². The van der Waals surface area contributed by atoms with Crippen LogP contribution in [0.2, 0.25) is 0 Å². The van der Waals surface area contributed by atoms with Gasteiger partial charge in [0.2, 0.25) is 11.9 Å². The molecule has 12 heteroatoms. The molecule has 0 unspecified atom stereocenters. The Morgan fingerprint density at radius 2 is 1.17 bits per heavy atom. The van der Waals surface area contributed by atoms with Crippen LogP contribution in [0.3, 0.4) is 0 Å². The molecule has 48 heavy (non-hydrogen) atoms. The Kier molecular flexibility index (Phi) is 17.0. The highest BCUT2D eigenvalue weighted by molar-refractivity contribution is 6.01. The molecule has 2 rings (SSSR count). The maximum Gasteiger partial charge on any atom is 0.414 e. The quantitative estimate of drug-likeness (QED) is 0.0743. The largest absolute Gasteiger partial charge is 0.445 e. The van der Waals surface area contributed by atoms with Crippen molar-refractivity contribution in [2.24, 2.45) is 4.99 Å². The number of alkyl carbamates (subject to hydrolysis) is 3. The van der Waals surface area contributed by atoms with E-state index in [4.69, 9.17) is 14.2 Å². The highest BCUT2D eigenvalue weighted by Crippen LogP contribution is 2.10. The number of aliphatic imine (C=N–C) groups is 1. The molecule has 0 aliphatic carbocycles. The minimum atomic E-state index is -0.768. The third-order valence-corrected chi connectivity index (χ3v) is 6.50. The van der Waals surface area contributed by atoms with Crippen molar-refractivity contribution in [2.45, 2.75) is 110 Å². The number of hydrogen-bond acceptors (Lipinski definition) is 8. The molecule has 0 bridgehead atoms. The van der Waals surface area contributed by atoms with Gasteiger partial charge in [0.05, 0.1) is 0 Å². The molecule has 0 fully saturated rings. The van der Waals surface area contributed by atoms with Crippen molar-refractivity contribution < 1.29 is 33.4 Å². The molecule has 0 radical (unpaired) electrons. The number of rotatable bonds is 15. The summed E-state index contributed by atoms with van der Waals surface area (Å²) >= 11 is 0. The number of unbranched alkanes of at least 4 members (excludes halogenated alkanes) is 5. The standard InChI is InChI=1S/C36H53N5O7/c1-35(2,3)47-33(44)40-31(41-34(45)48-36(4,5)6)38-24-18-10-8-7-9-17-23-37-30(42)29(25-27-19-13-11-14-20-27)39-32(43)46-26-28-21-15-12-16-22-28/h11-16,19-22,29H,7-10,17-18,23-26H2,1-6H3,(H,37,42)(H,39,43)(H2,38,40,41,44,45)/t29-/m0/s1. The molecule has 0 aromatic heterocycles. The number of nitrogens with one attached hydrogen (secondary N) is 4. The third-order valence-electron chi connectivity index (χ3n) is 6.50. The predicted octanol–water partition coefficient (Wildman–Crippen LogP) is 6.39. The second-order valence-electron chi connectivity index (χ2n) is 13.3.